The third-order valence-corrected chi connectivity index (χ3v) is 9.63. The van der Waals surface area contributed by atoms with E-state index in [1.54, 1.807) is 5.57 Å². The number of carbonyl (C=O) groups is 1. The molecule has 0 amide bonds. The molecule has 0 aromatic heterocycles. The molecule has 0 aromatic carbocycles. The van der Waals surface area contributed by atoms with E-state index >= 15 is 0 Å². The van der Waals surface area contributed by atoms with Crippen LogP contribution in [0.5, 0.6) is 0 Å². The minimum Gasteiger partial charge on any atom is -0.481 e. The van der Waals surface area contributed by atoms with E-state index in [4.69, 9.17) is 0 Å². The second-order valence-electron chi connectivity index (χ2n) is 10.9. The van der Waals surface area contributed by atoms with Crippen LogP contribution in [-0.4, -0.2) is 23.8 Å². The molecule has 3 heteroatoms. The van der Waals surface area contributed by atoms with Crippen LogP contribution in [0.25, 0.3) is 0 Å². The Kier molecular flexibility index (Phi) is 6.75. The van der Waals surface area contributed by atoms with Crippen molar-refractivity contribution in [2.75, 3.05) is 7.05 Å². The van der Waals surface area contributed by atoms with E-state index in [1.165, 1.54) is 63.5 Å². The van der Waals surface area contributed by atoms with E-state index in [9.17, 15) is 9.90 Å². The van der Waals surface area contributed by atoms with Crippen molar-refractivity contribution in [3.8, 4) is 0 Å². The molecule has 0 saturated heterocycles. The van der Waals surface area contributed by atoms with E-state index in [0.29, 0.717) is 11.8 Å². The van der Waals surface area contributed by atoms with E-state index in [-0.39, 0.29) is 0 Å². The molecule has 0 bridgehead atoms. The van der Waals surface area contributed by atoms with Crippen LogP contribution in [-0.2, 0) is 4.79 Å². The van der Waals surface area contributed by atoms with Gasteiger partial charge in [0.05, 0.1) is 0 Å². The first-order valence-electron chi connectivity index (χ1n) is 12.9. The van der Waals surface area contributed by atoms with Crippen molar-refractivity contribution < 1.29 is 9.90 Å². The van der Waals surface area contributed by atoms with Crippen molar-refractivity contribution in [2.24, 2.45) is 45.9 Å². The van der Waals surface area contributed by atoms with E-state index in [0.717, 1.165) is 54.8 Å². The SMILES string of the molecule is CCCC1C2C(C3CC3)CC3=C/C(=N/C)CCC3C2CC[C@]1(CC)CCCC(=O)O. The summed E-state index contributed by atoms with van der Waals surface area (Å²) in [7, 11) is 1.96. The number of fused-ring (bicyclic) bond motifs is 3. The Morgan fingerprint density at radius 1 is 1.20 bits per heavy atom. The van der Waals surface area contributed by atoms with Gasteiger partial charge in [0.1, 0.15) is 0 Å². The van der Waals surface area contributed by atoms with Crippen LogP contribution in [0.15, 0.2) is 16.6 Å². The van der Waals surface area contributed by atoms with Crippen LogP contribution in [0.3, 0.4) is 0 Å². The summed E-state index contributed by atoms with van der Waals surface area (Å²) >= 11 is 0. The number of aliphatic carboxylic acids is 1. The normalized spacial score (nSPS) is 39.9. The van der Waals surface area contributed by atoms with Crippen LogP contribution in [0.1, 0.15) is 97.3 Å². The van der Waals surface area contributed by atoms with Crippen molar-refractivity contribution >= 4 is 11.7 Å². The zero-order chi connectivity index (χ0) is 21.3. The predicted octanol–water partition coefficient (Wildman–Crippen LogP) is 6.92. The molecular formula is C27H43NO2. The first-order chi connectivity index (χ1) is 14.5. The number of hydrogen-bond donors (Lipinski definition) is 1. The fourth-order valence-electron chi connectivity index (χ4n) is 8.12. The molecule has 3 nitrogen and oxygen atoms in total. The fraction of sp³-hybridized carbons (Fsp3) is 0.852. The second-order valence-corrected chi connectivity index (χ2v) is 10.9. The molecule has 5 unspecified atom stereocenters. The van der Waals surface area contributed by atoms with Gasteiger partial charge in [-0.25, -0.2) is 0 Å². The Bertz CT molecular complexity index is 691. The molecular weight excluding hydrogens is 370 g/mol. The van der Waals surface area contributed by atoms with Crippen molar-refractivity contribution in [2.45, 2.75) is 97.3 Å². The summed E-state index contributed by atoms with van der Waals surface area (Å²) < 4.78 is 0. The Hall–Kier alpha value is -1.12. The summed E-state index contributed by atoms with van der Waals surface area (Å²) in [6.45, 7) is 4.76. The highest BCUT2D eigenvalue weighted by Gasteiger charge is 2.56. The van der Waals surface area contributed by atoms with Gasteiger partial charge in [0.2, 0.25) is 0 Å². The Labute approximate surface area is 183 Å². The van der Waals surface area contributed by atoms with E-state index in [2.05, 4.69) is 24.9 Å². The van der Waals surface area contributed by atoms with Gasteiger partial charge in [-0.15, -0.1) is 0 Å². The minimum absolute atomic E-state index is 0.343. The maximum atomic E-state index is 11.2. The lowest BCUT2D eigenvalue weighted by molar-refractivity contribution is -0.137. The first kappa shape index (κ1) is 22.1. The summed E-state index contributed by atoms with van der Waals surface area (Å²) in [4.78, 5) is 15.8. The maximum Gasteiger partial charge on any atom is 0.303 e. The highest BCUT2D eigenvalue weighted by atomic mass is 16.4. The molecule has 4 rings (SSSR count). The molecule has 4 aliphatic carbocycles. The highest BCUT2D eigenvalue weighted by Crippen LogP contribution is 2.64. The molecule has 0 aromatic rings. The molecule has 0 heterocycles. The van der Waals surface area contributed by atoms with Gasteiger partial charge in [-0.3, -0.25) is 9.79 Å². The monoisotopic (exact) mass is 413 g/mol. The molecule has 0 aliphatic heterocycles. The third kappa shape index (κ3) is 4.15. The number of carboxylic acid groups (broad SMARTS) is 1. The van der Waals surface area contributed by atoms with Crippen LogP contribution < -0.4 is 0 Å². The number of aliphatic imine (C=N–C) groups is 1. The molecule has 3 saturated carbocycles. The van der Waals surface area contributed by atoms with Gasteiger partial charge in [0.25, 0.3) is 0 Å². The molecule has 1 N–H and O–H groups in total. The van der Waals surface area contributed by atoms with Gasteiger partial charge in [-0.2, -0.15) is 0 Å². The summed E-state index contributed by atoms with van der Waals surface area (Å²) in [5, 5.41) is 9.23. The van der Waals surface area contributed by atoms with Gasteiger partial charge in [-0.1, -0.05) is 32.3 Å². The number of carboxylic acids is 1. The number of nitrogens with zero attached hydrogens (tertiary/aromatic N) is 1. The van der Waals surface area contributed by atoms with E-state index in [1.807, 2.05) is 7.05 Å². The second kappa shape index (κ2) is 9.17. The van der Waals surface area contributed by atoms with Gasteiger partial charge < -0.3 is 5.11 Å². The van der Waals surface area contributed by atoms with Gasteiger partial charge in [0.15, 0.2) is 0 Å². The van der Waals surface area contributed by atoms with Crippen molar-refractivity contribution in [3.63, 3.8) is 0 Å². The molecule has 0 radical (unpaired) electrons. The molecule has 3 fully saturated rings. The standard InChI is InChI=1S/C27H43NO2/c1-4-7-24-26-22(13-15-27(24,5-2)14-6-8-25(29)30)21-12-11-20(28-3)16-19(21)17-23(26)18-9-10-18/h16,18,21-24,26H,4-15,17H2,1-3H3,(H,29,30)/b28-20+/t21?,22?,23?,24?,26?,27-/m0/s1. The highest BCUT2D eigenvalue weighted by molar-refractivity contribution is 5.96. The quantitative estimate of drug-likeness (QED) is 0.469. The van der Waals surface area contributed by atoms with Crippen molar-refractivity contribution in [3.05, 3.63) is 11.6 Å². The molecule has 4 aliphatic rings. The summed E-state index contributed by atoms with van der Waals surface area (Å²) in [5.74, 6) is 4.53. The summed E-state index contributed by atoms with van der Waals surface area (Å²) in [6, 6.07) is 0. The first-order valence-corrected chi connectivity index (χ1v) is 12.9. The lowest BCUT2D eigenvalue weighted by Crippen LogP contribution is -2.51. The number of hydrogen-bond acceptors (Lipinski definition) is 2. The number of allylic oxidation sites excluding steroid dienone is 2. The van der Waals surface area contributed by atoms with Crippen molar-refractivity contribution in [1.82, 2.24) is 0 Å². The summed E-state index contributed by atoms with van der Waals surface area (Å²) in [5.41, 5.74) is 3.45. The fourth-order valence-corrected chi connectivity index (χ4v) is 8.12. The molecule has 168 valence electrons. The summed E-state index contributed by atoms with van der Waals surface area (Å²) in [6.07, 6.45) is 18.0. The van der Waals surface area contributed by atoms with Crippen LogP contribution >= 0.6 is 0 Å². The van der Waals surface area contributed by atoms with Crippen LogP contribution in [0.4, 0.5) is 0 Å². The predicted molar refractivity (Wildman–Crippen MR) is 124 cm³/mol. The Morgan fingerprint density at radius 2 is 2.00 bits per heavy atom. The molecule has 6 atom stereocenters. The zero-order valence-corrected chi connectivity index (χ0v) is 19.5. The Balaban J connectivity index is 1.65. The van der Waals surface area contributed by atoms with Gasteiger partial charge >= 0.3 is 5.97 Å². The zero-order valence-electron chi connectivity index (χ0n) is 19.5. The minimum atomic E-state index is -0.624. The third-order valence-electron chi connectivity index (χ3n) is 9.63. The Morgan fingerprint density at radius 3 is 2.63 bits per heavy atom. The number of rotatable bonds is 8. The lowest BCUT2D eigenvalue weighted by Gasteiger charge is -2.59. The van der Waals surface area contributed by atoms with Crippen LogP contribution in [0, 0.1) is 40.9 Å². The smallest absolute Gasteiger partial charge is 0.303 e. The average molecular weight is 414 g/mol. The maximum absolute atomic E-state index is 11.2. The lowest BCUT2D eigenvalue weighted by atomic mass is 9.46. The van der Waals surface area contributed by atoms with Gasteiger partial charge in [-0.05, 0) is 111 Å². The van der Waals surface area contributed by atoms with Crippen molar-refractivity contribution in [1.29, 1.82) is 0 Å². The molecule has 0 spiro atoms. The average Bonchev–Trinajstić information content (AvgIpc) is 3.59. The van der Waals surface area contributed by atoms with Gasteiger partial charge in [0, 0.05) is 19.2 Å². The topological polar surface area (TPSA) is 49.7 Å². The molecule has 30 heavy (non-hydrogen) atoms. The largest absolute Gasteiger partial charge is 0.481 e. The van der Waals surface area contributed by atoms with Crippen LogP contribution in [0.2, 0.25) is 0 Å². The van der Waals surface area contributed by atoms with E-state index < -0.39 is 5.97 Å².